The first kappa shape index (κ1) is 14.3. The number of rotatable bonds is 3. The first-order valence-corrected chi connectivity index (χ1v) is 8.93. The fourth-order valence-electron chi connectivity index (χ4n) is 2.80. The average molecular weight is 308 g/mol. The molecule has 0 radical (unpaired) electrons. The van der Waals surface area contributed by atoms with Crippen LogP contribution in [0.5, 0.6) is 0 Å². The maximum atomic E-state index is 11.7. The van der Waals surface area contributed by atoms with Gasteiger partial charge in [0.15, 0.2) is 0 Å². The number of aromatic nitrogens is 2. The molecule has 1 saturated heterocycles. The highest BCUT2D eigenvalue weighted by Crippen LogP contribution is 2.23. The summed E-state index contributed by atoms with van der Waals surface area (Å²) < 4.78 is 24.9. The summed E-state index contributed by atoms with van der Waals surface area (Å²) in [5.41, 5.74) is 1.94. The molecule has 0 spiro atoms. The van der Waals surface area contributed by atoms with Crippen molar-refractivity contribution in [2.45, 2.75) is 18.9 Å². The van der Waals surface area contributed by atoms with Gasteiger partial charge in [0.25, 0.3) is 0 Å². The second kappa shape index (κ2) is 5.31. The first-order chi connectivity index (χ1) is 9.95. The third-order valence-electron chi connectivity index (χ3n) is 4.11. The van der Waals surface area contributed by atoms with Crippen molar-refractivity contribution in [3.05, 3.63) is 24.3 Å². The summed E-state index contributed by atoms with van der Waals surface area (Å²) in [4.78, 5) is 10.0. The lowest BCUT2D eigenvalue weighted by Crippen LogP contribution is -2.48. The lowest BCUT2D eigenvalue weighted by Gasteiger charge is -2.36. The van der Waals surface area contributed by atoms with E-state index < -0.39 is 10.0 Å². The molecule has 0 amide bonds. The van der Waals surface area contributed by atoms with Crippen LogP contribution in [0.3, 0.4) is 0 Å². The van der Waals surface area contributed by atoms with Gasteiger partial charge in [0.1, 0.15) is 0 Å². The molecule has 0 saturated carbocycles. The van der Waals surface area contributed by atoms with Crippen LogP contribution in [0, 0.1) is 0 Å². The van der Waals surface area contributed by atoms with Gasteiger partial charge in [0.2, 0.25) is 16.0 Å². The molecule has 1 aromatic carbocycles. The number of likely N-dealkylation sites (N-methyl/N-ethyl adjacent to an activating group) is 1. The Morgan fingerprint density at radius 2 is 2.14 bits per heavy atom. The molecule has 1 aliphatic rings. The number of nitrogens with zero attached hydrogens (tertiary/aromatic N) is 3. The van der Waals surface area contributed by atoms with E-state index >= 15 is 0 Å². The molecular weight excluding hydrogens is 288 g/mol. The second-order valence-corrected chi connectivity index (χ2v) is 7.64. The maximum absolute atomic E-state index is 11.7. The highest BCUT2D eigenvalue weighted by atomic mass is 32.2. The lowest BCUT2D eigenvalue weighted by atomic mass is 10.1. The molecule has 1 N–H and O–H groups in total. The smallest absolute Gasteiger partial charge is 0.211 e. The molecular formula is C14H20N4O2S. The summed E-state index contributed by atoms with van der Waals surface area (Å²) >= 11 is 0. The fraction of sp³-hybridized carbons (Fsp3) is 0.500. The summed E-state index contributed by atoms with van der Waals surface area (Å²) in [5.74, 6) is 0.822. The Morgan fingerprint density at radius 1 is 1.38 bits per heavy atom. The fourth-order valence-corrected chi connectivity index (χ4v) is 3.52. The Hall–Kier alpha value is -1.60. The van der Waals surface area contributed by atoms with Crippen molar-refractivity contribution in [1.29, 1.82) is 0 Å². The van der Waals surface area contributed by atoms with E-state index in [4.69, 9.17) is 0 Å². The van der Waals surface area contributed by atoms with Gasteiger partial charge in [-0.2, -0.15) is 0 Å². The van der Waals surface area contributed by atoms with E-state index in [2.05, 4.69) is 14.9 Å². The van der Waals surface area contributed by atoms with Crippen molar-refractivity contribution < 1.29 is 8.42 Å². The SMILES string of the molecule is CN(C1CCCN(c2nc3ccccc3[nH]2)C1)S(C)(=O)=O. The Morgan fingerprint density at radius 3 is 2.86 bits per heavy atom. The van der Waals surface area contributed by atoms with Crippen LogP contribution in [-0.2, 0) is 10.0 Å². The van der Waals surface area contributed by atoms with Gasteiger partial charge in [0, 0.05) is 26.2 Å². The summed E-state index contributed by atoms with van der Waals surface area (Å²) in [7, 11) is -1.50. The lowest BCUT2D eigenvalue weighted by molar-refractivity contribution is 0.321. The number of aromatic amines is 1. The number of para-hydroxylation sites is 2. The van der Waals surface area contributed by atoms with E-state index in [0.717, 1.165) is 36.4 Å². The van der Waals surface area contributed by atoms with Gasteiger partial charge in [-0.05, 0) is 25.0 Å². The molecule has 1 unspecified atom stereocenters. The Labute approximate surface area is 124 Å². The normalized spacial score (nSPS) is 20.3. The Balaban J connectivity index is 1.82. The van der Waals surface area contributed by atoms with Gasteiger partial charge in [0.05, 0.1) is 17.3 Å². The quantitative estimate of drug-likeness (QED) is 0.931. The van der Waals surface area contributed by atoms with Gasteiger partial charge in [-0.1, -0.05) is 12.1 Å². The molecule has 1 aliphatic heterocycles. The van der Waals surface area contributed by atoms with Crippen molar-refractivity contribution >= 4 is 27.0 Å². The molecule has 1 aromatic heterocycles. The molecule has 1 atom stereocenters. The zero-order valence-electron chi connectivity index (χ0n) is 12.3. The van der Waals surface area contributed by atoms with Crippen molar-refractivity contribution in [3.8, 4) is 0 Å². The summed E-state index contributed by atoms with van der Waals surface area (Å²) in [5, 5.41) is 0. The number of hydrogen-bond donors (Lipinski definition) is 1. The van der Waals surface area contributed by atoms with E-state index in [-0.39, 0.29) is 6.04 Å². The molecule has 7 heteroatoms. The van der Waals surface area contributed by atoms with Crippen LogP contribution in [0.15, 0.2) is 24.3 Å². The minimum absolute atomic E-state index is 0.00182. The number of benzene rings is 1. The van der Waals surface area contributed by atoms with Crippen LogP contribution in [0.25, 0.3) is 11.0 Å². The molecule has 6 nitrogen and oxygen atoms in total. The summed E-state index contributed by atoms with van der Waals surface area (Å²) in [6, 6.07) is 7.90. The zero-order valence-corrected chi connectivity index (χ0v) is 13.1. The molecule has 1 fully saturated rings. The highest BCUT2D eigenvalue weighted by molar-refractivity contribution is 7.88. The highest BCUT2D eigenvalue weighted by Gasteiger charge is 2.29. The summed E-state index contributed by atoms with van der Waals surface area (Å²) in [6.45, 7) is 1.57. The standard InChI is InChI=1S/C14H20N4O2S/c1-17(21(2,19)20)11-6-5-9-18(10-11)14-15-12-7-3-4-8-13(12)16-14/h3-4,7-8,11H,5-6,9-10H2,1-2H3,(H,15,16). The molecule has 3 rings (SSSR count). The predicted octanol–water partition coefficient (Wildman–Crippen LogP) is 1.42. The van der Waals surface area contributed by atoms with E-state index in [1.54, 1.807) is 7.05 Å². The monoisotopic (exact) mass is 308 g/mol. The van der Waals surface area contributed by atoms with Crippen molar-refractivity contribution in [1.82, 2.24) is 14.3 Å². The zero-order chi connectivity index (χ0) is 15.0. The van der Waals surface area contributed by atoms with Crippen molar-refractivity contribution in [3.63, 3.8) is 0 Å². The van der Waals surface area contributed by atoms with Gasteiger partial charge >= 0.3 is 0 Å². The van der Waals surface area contributed by atoms with Gasteiger partial charge in [-0.3, -0.25) is 0 Å². The van der Waals surface area contributed by atoms with Gasteiger partial charge in [-0.25, -0.2) is 17.7 Å². The average Bonchev–Trinajstić information content (AvgIpc) is 2.89. The van der Waals surface area contributed by atoms with Gasteiger partial charge in [-0.15, -0.1) is 0 Å². The van der Waals surface area contributed by atoms with Crippen LogP contribution in [0.1, 0.15) is 12.8 Å². The third-order valence-corrected chi connectivity index (χ3v) is 5.45. The number of nitrogens with one attached hydrogen (secondary N) is 1. The predicted molar refractivity (Wildman–Crippen MR) is 83.9 cm³/mol. The molecule has 2 heterocycles. The Bertz CT molecular complexity index is 707. The van der Waals surface area contributed by atoms with Crippen LogP contribution in [-0.4, -0.2) is 55.1 Å². The van der Waals surface area contributed by atoms with Crippen LogP contribution < -0.4 is 4.90 Å². The largest absolute Gasteiger partial charge is 0.341 e. The van der Waals surface area contributed by atoms with Crippen LogP contribution in [0.2, 0.25) is 0 Å². The number of piperidine rings is 1. The molecule has 0 bridgehead atoms. The van der Waals surface area contributed by atoms with E-state index in [9.17, 15) is 8.42 Å². The molecule has 2 aromatic rings. The van der Waals surface area contributed by atoms with E-state index in [1.165, 1.54) is 10.6 Å². The molecule has 114 valence electrons. The van der Waals surface area contributed by atoms with Crippen LogP contribution in [0.4, 0.5) is 5.95 Å². The number of H-pyrrole nitrogens is 1. The topological polar surface area (TPSA) is 69.3 Å². The molecule has 21 heavy (non-hydrogen) atoms. The van der Waals surface area contributed by atoms with E-state index in [0.29, 0.717) is 6.54 Å². The first-order valence-electron chi connectivity index (χ1n) is 7.08. The van der Waals surface area contributed by atoms with Crippen molar-refractivity contribution in [2.24, 2.45) is 0 Å². The number of fused-ring (bicyclic) bond motifs is 1. The number of imidazole rings is 1. The second-order valence-electron chi connectivity index (χ2n) is 5.60. The van der Waals surface area contributed by atoms with Crippen molar-refractivity contribution in [2.75, 3.05) is 31.3 Å². The minimum Gasteiger partial charge on any atom is -0.341 e. The number of sulfonamides is 1. The van der Waals surface area contributed by atoms with Crippen LogP contribution >= 0.6 is 0 Å². The maximum Gasteiger partial charge on any atom is 0.211 e. The third kappa shape index (κ3) is 2.89. The number of hydrogen-bond acceptors (Lipinski definition) is 4. The van der Waals surface area contributed by atoms with Gasteiger partial charge < -0.3 is 9.88 Å². The Kier molecular flexibility index (Phi) is 3.62. The minimum atomic E-state index is -3.16. The summed E-state index contributed by atoms with van der Waals surface area (Å²) in [6.07, 6.45) is 3.11. The number of anilines is 1. The van der Waals surface area contributed by atoms with E-state index in [1.807, 2.05) is 24.3 Å². The molecule has 0 aliphatic carbocycles.